The third-order valence-electron chi connectivity index (χ3n) is 3.04. The quantitative estimate of drug-likeness (QED) is 0.883. The normalized spacial score (nSPS) is 10.6. The fourth-order valence-electron chi connectivity index (χ4n) is 1.85. The maximum Gasteiger partial charge on any atom is 0.230 e. The number of hydrogen-bond acceptors (Lipinski definition) is 4. The molecule has 0 aliphatic rings. The van der Waals surface area contributed by atoms with Crippen LogP contribution in [0.15, 0.2) is 28.8 Å². The topological polar surface area (TPSA) is 55.1 Å². The van der Waals surface area contributed by atoms with Gasteiger partial charge in [-0.3, -0.25) is 4.79 Å². The summed E-state index contributed by atoms with van der Waals surface area (Å²) >= 11 is 7.45. The van der Waals surface area contributed by atoms with Crippen molar-refractivity contribution < 1.29 is 9.32 Å². The molecule has 0 unspecified atom stereocenters. The number of rotatable bonds is 6. The summed E-state index contributed by atoms with van der Waals surface area (Å²) in [5.41, 5.74) is 2.95. The number of nitrogens with zero attached hydrogens (tertiary/aromatic N) is 1. The molecule has 1 N–H and O–H groups in total. The van der Waals surface area contributed by atoms with Crippen LogP contribution in [0.2, 0.25) is 5.02 Å². The monoisotopic (exact) mass is 324 g/mol. The van der Waals surface area contributed by atoms with E-state index in [9.17, 15) is 4.79 Å². The third kappa shape index (κ3) is 4.79. The predicted octanol–water partition coefficient (Wildman–Crippen LogP) is 3.49. The summed E-state index contributed by atoms with van der Waals surface area (Å²) < 4.78 is 5.09. The van der Waals surface area contributed by atoms with E-state index in [1.165, 1.54) is 0 Å². The highest BCUT2D eigenvalue weighted by Crippen LogP contribution is 2.19. The summed E-state index contributed by atoms with van der Waals surface area (Å²) in [6.45, 7) is 4.28. The van der Waals surface area contributed by atoms with E-state index in [4.69, 9.17) is 16.1 Å². The van der Waals surface area contributed by atoms with Crippen molar-refractivity contribution in [3.05, 3.63) is 51.9 Å². The first-order valence-corrected chi connectivity index (χ1v) is 8.10. The van der Waals surface area contributed by atoms with Crippen LogP contribution in [0, 0.1) is 13.8 Å². The van der Waals surface area contributed by atoms with Gasteiger partial charge in [-0.1, -0.05) is 28.9 Å². The Labute approximate surface area is 133 Å². The minimum Gasteiger partial charge on any atom is -0.361 e. The number of benzene rings is 1. The summed E-state index contributed by atoms with van der Waals surface area (Å²) in [5, 5.41) is 7.45. The largest absolute Gasteiger partial charge is 0.361 e. The van der Waals surface area contributed by atoms with Crippen LogP contribution < -0.4 is 5.32 Å². The Morgan fingerprint density at radius 1 is 1.43 bits per heavy atom. The number of thioether (sulfide) groups is 1. The second-order valence-corrected chi connectivity index (χ2v) is 6.12. The zero-order valence-corrected chi connectivity index (χ0v) is 13.6. The van der Waals surface area contributed by atoms with Crippen molar-refractivity contribution in [1.29, 1.82) is 0 Å². The van der Waals surface area contributed by atoms with E-state index in [1.54, 1.807) is 11.8 Å². The van der Waals surface area contributed by atoms with Gasteiger partial charge in [0.1, 0.15) is 5.76 Å². The minimum absolute atomic E-state index is 0.00624. The van der Waals surface area contributed by atoms with Crippen molar-refractivity contribution in [3.8, 4) is 0 Å². The lowest BCUT2D eigenvalue weighted by molar-refractivity contribution is -0.118. The molecule has 0 aliphatic heterocycles. The second-order valence-electron chi connectivity index (χ2n) is 4.70. The molecule has 1 amide bonds. The first-order valence-electron chi connectivity index (χ1n) is 6.57. The molecule has 4 nitrogen and oxygen atoms in total. The smallest absolute Gasteiger partial charge is 0.230 e. The summed E-state index contributed by atoms with van der Waals surface area (Å²) in [7, 11) is 0. The van der Waals surface area contributed by atoms with Gasteiger partial charge in [0.2, 0.25) is 5.91 Å². The Morgan fingerprint density at radius 2 is 2.24 bits per heavy atom. The average Bonchev–Trinajstić information content (AvgIpc) is 2.77. The average molecular weight is 325 g/mol. The molecule has 2 aromatic rings. The van der Waals surface area contributed by atoms with Gasteiger partial charge in [0.25, 0.3) is 0 Å². The SMILES string of the molecule is Cc1noc(C)c1CSCC(=O)NCc1cccc(Cl)c1. The fourth-order valence-corrected chi connectivity index (χ4v) is 3.07. The van der Waals surface area contributed by atoms with Crippen molar-refractivity contribution in [1.82, 2.24) is 10.5 Å². The minimum atomic E-state index is 0.00624. The Bertz CT molecular complexity index is 608. The van der Waals surface area contributed by atoms with Crippen LogP contribution in [-0.2, 0) is 17.1 Å². The maximum atomic E-state index is 11.8. The van der Waals surface area contributed by atoms with Gasteiger partial charge in [0.05, 0.1) is 11.4 Å². The number of carbonyl (C=O) groups excluding carboxylic acids is 1. The van der Waals surface area contributed by atoms with Gasteiger partial charge in [0, 0.05) is 22.9 Å². The molecule has 0 saturated carbocycles. The van der Waals surface area contributed by atoms with Gasteiger partial charge in [-0.15, -0.1) is 11.8 Å². The molecule has 1 aromatic heterocycles. The molecule has 0 bridgehead atoms. The highest BCUT2D eigenvalue weighted by Gasteiger charge is 2.10. The Hall–Kier alpha value is -1.46. The first kappa shape index (κ1) is 15.9. The summed E-state index contributed by atoms with van der Waals surface area (Å²) in [6, 6.07) is 7.46. The van der Waals surface area contributed by atoms with E-state index in [2.05, 4.69) is 10.5 Å². The first-order chi connectivity index (χ1) is 10.1. The molecular formula is C15H17ClN2O2S. The number of halogens is 1. The van der Waals surface area contributed by atoms with E-state index in [1.807, 2.05) is 38.1 Å². The van der Waals surface area contributed by atoms with E-state index in [-0.39, 0.29) is 5.91 Å². The van der Waals surface area contributed by atoms with Crippen LogP contribution in [0.3, 0.4) is 0 Å². The molecule has 21 heavy (non-hydrogen) atoms. The number of aromatic nitrogens is 1. The molecule has 6 heteroatoms. The zero-order valence-electron chi connectivity index (χ0n) is 12.0. The number of amides is 1. The van der Waals surface area contributed by atoms with Crippen LogP contribution >= 0.6 is 23.4 Å². The zero-order chi connectivity index (χ0) is 15.2. The molecule has 0 radical (unpaired) electrons. The third-order valence-corrected chi connectivity index (χ3v) is 4.23. The van der Waals surface area contributed by atoms with Gasteiger partial charge < -0.3 is 9.84 Å². The molecule has 0 atom stereocenters. The van der Waals surface area contributed by atoms with E-state index >= 15 is 0 Å². The number of hydrogen-bond donors (Lipinski definition) is 1. The van der Waals surface area contributed by atoms with Crippen molar-refractivity contribution in [2.45, 2.75) is 26.1 Å². The van der Waals surface area contributed by atoms with Gasteiger partial charge >= 0.3 is 0 Å². The van der Waals surface area contributed by atoms with Gasteiger partial charge in [0.15, 0.2) is 0 Å². The van der Waals surface area contributed by atoms with E-state index in [0.29, 0.717) is 17.3 Å². The van der Waals surface area contributed by atoms with Crippen molar-refractivity contribution in [3.63, 3.8) is 0 Å². The van der Waals surface area contributed by atoms with E-state index < -0.39 is 0 Å². The van der Waals surface area contributed by atoms with Crippen LogP contribution in [0.4, 0.5) is 0 Å². The van der Waals surface area contributed by atoms with Crippen LogP contribution in [0.5, 0.6) is 0 Å². The highest BCUT2D eigenvalue weighted by atomic mass is 35.5. The fraction of sp³-hybridized carbons (Fsp3) is 0.333. The van der Waals surface area contributed by atoms with Gasteiger partial charge in [-0.25, -0.2) is 0 Å². The number of aryl methyl sites for hydroxylation is 2. The molecule has 0 aliphatic carbocycles. The molecular weight excluding hydrogens is 308 g/mol. The standard InChI is InChI=1S/C15H17ClN2O2S/c1-10-14(11(2)20-18-10)8-21-9-15(19)17-7-12-4-3-5-13(16)6-12/h3-6H,7-9H2,1-2H3,(H,17,19). The summed E-state index contributed by atoms with van der Waals surface area (Å²) in [6.07, 6.45) is 0. The number of carbonyl (C=O) groups is 1. The molecule has 0 fully saturated rings. The van der Waals surface area contributed by atoms with Gasteiger partial charge in [-0.05, 0) is 31.5 Å². The van der Waals surface area contributed by atoms with E-state index in [0.717, 1.165) is 28.3 Å². The lowest BCUT2D eigenvalue weighted by Gasteiger charge is -2.05. The number of nitrogens with one attached hydrogen (secondary N) is 1. The Balaban J connectivity index is 1.73. The van der Waals surface area contributed by atoms with Crippen LogP contribution in [0.1, 0.15) is 22.6 Å². The molecule has 0 spiro atoms. The lowest BCUT2D eigenvalue weighted by atomic mass is 10.2. The Kier molecular flexibility index (Phi) is 5.70. The van der Waals surface area contributed by atoms with Crippen molar-refractivity contribution in [2.24, 2.45) is 0 Å². The summed E-state index contributed by atoms with van der Waals surface area (Å²) in [5.74, 6) is 1.96. The van der Waals surface area contributed by atoms with Crippen LogP contribution in [-0.4, -0.2) is 16.8 Å². The molecule has 1 heterocycles. The molecule has 1 aromatic carbocycles. The van der Waals surface area contributed by atoms with Gasteiger partial charge in [-0.2, -0.15) is 0 Å². The molecule has 2 rings (SSSR count). The van der Waals surface area contributed by atoms with Crippen molar-refractivity contribution >= 4 is 29.3 Å². The maximum absolute atomic E-state index is 11.8. The summed E-state index contributed by atoms with van der Waals surface area (Å²) in [4.78, 5) is 11.8. The van der Waals surface area contributed by atoms with Crippen molar-refractivity contribution in [2.75, 3.05) is 5.75 Å². The molecule has 0 saturated heterocycles. The second kappa shape index (κ2) is 7.52. The van der Waals surface area contributed by atoms with Crippen LogP contribution in [0.25, 0.3) is 0 Å². The predicted molar refractivity (Wildman–Crippen MR) is 85.4 cm³/mol. The Morgan fingerprint density at radius 3 is 2.90 bits per heavy atom. The lowest BCUT2D eigenvalue weighted by Crippen LogP contribution is -2.24. The molecule has 112 valence electrons. The highest BCUT2D eigenvalue weighted by molar-refractivity contribution is 7.99.